The van der Waals surface area contributed by atoms with Crippen LogP contribution in [0.15, 0.2) is 0 Å². The van der Waals surface area contributed by atoms with Crippen LogP contribution in [0.2, 0.25) is 0 Å². The minimum Gasteiger partial charge on any atom is -0.328 e. The first-order chi connectivity index (χ1) is 7.60. The summed E-state index contributed by atoms with van der Waals surface area (Å²) in [5.74, 6) is 0.121. The molecule has 66 valence electrons. The van der Waals surface area contributed by atoms with Crippen molar-refractivity contribution in [2.45, 2.75) is 31.7 Å². The van der Waals surface area contributed by atoms with Gasteiger partial charge >= 0.3 is 0 Å². The lowest BCUT2D eigenvalue weighted by atomic mass is 9.86. The van der Waals surface area contributed by atoms with E-state index in [2.05, 4.69) is 0 Å². The second kappa shape index (κ2) is 4.07. The minimum absolute atomic E-state index is 0.0969. The first-order valence-electron chi connectivity index (χ1n) is 7.14. The van der Waals surface area contributed by atoms with E-state index in [1.54, 1.807) is 0 Å². The predicted molar refractivity (Wildman–Crippen MR) is 48.5 cm³/mol. The normalized spacial score (nSPS) is 43.1. The Morgan fingerprint density at radius 1 is 1.36 bits per heavy atom. The van der Waals surface area contributed by atoms with Crippen molar-refractivity contribution in [2.75, 3.05) is 20.5 Å². The van der Waals surface area contributed by atoms with Gasteiger partial charge in [0.25, 0.3) is 0 Å². The zero-order valence-electron chi connectivity index (χ0n) is 12.7. The van der Waals surface area contributed by atoms with Gasteiger partial charge in [0.15, 0.2) is 0 Å². The van der Waals surface area contributed by atoms with E-state index in [0.29, 0.717) is 4.90 Å². The van der Waals surface area contributed by atoms with Crippen molar-refractivity contribution < 1.29 is 8.22 Å². The highest BCUT2D eigenvalue weighted by atomic mass is 15.1. The van der Waals surface area contributed by atoms with Crippen molar-refractivity contribution in [3.05, 3.63) is 0 Å². The summed E-state index contributed by atoms with van der Waals surface area (Å²) in [5, 5.41) is 0. The van der Waals surface area contributed by atoms with Crippen LogP contribution in [0.1, 0.15) is 33.9 Å². The molecule has 2 heteroatoms. The summed E-state index contributed by atoms with van der Waals surface area (Å²) in [5.41, 5.74) is 5.76. The summed E-state index contributed by atoms with van der Waals surface area (Å²) in [6.07, 6.45) is 3.31. The second-order valence-corrected chi connectivity index (χ2v) is 3.39. The molecule has 2 N–H and O–H groups in total. The molecule has 0 aromatic heterocycles. The average molecular weight is 162 g/mol. The molecule has 1 rings (SSSR count). The monoisotopic (exact) mass is 162 g/mol. The van der Waals surface area contributed by atoms with Crippen LogP contribution >= 0.6 is 0 Å². The summed E-state index contributed by atoms with van der Waals surface area (Å²) in [7, 11) is 0. The molecule has 0 aromatic rings. The van der Waals surface area contributed by atoms with Crippen molar-refractivity contribution in [3.8, 4) is 0 Å². The molecule has 0 aliphatic heterocycles. The highest BCUT2D eigenvalue weighted by Gasteiger charge is 2.18. The van der Waals surface area contributed by atoms with Crippen LogP contribution in [0, 0.1) is 5.92 Å². The van der Waals surface area contributed by atoms with Crippen LogP contribution in [0.5, 0.6) is 0 Å². The molecule has 0 aromatic carbocycles. The van der Waals surface area contributed by atoms with Crippen molar-refractivity contribution in [1.82, 2.24) is 4.90 Å². The molecule has 2 nitrogen and oxygen atoms in total. The Bertz CT molecular complexity index is 227. The first kappa shape index (κ1) is 3.75. The topological polar surface area (TPSA) is 29.3 Å². The van der Waals surface area contributed by atoms with Crippen LogP contribution in [-0.4, -0.2) is 31.4 Å². The number of nitrogens with two attached hydrogens (primary N) is 1. The van der Waals surface area contributed by atoms with E-state index in [-0.39, 0.29) is 18.5 Å². The van der Waals surface area contributed by atoms with Gasteiger partial charge in [-0.05, 0) is 45.6 Å². The van der Waals surface area contributed by atoms with Gasteiger partial charge in [-0.3, -0.25) is 0 Å². The van der Waals surface area contributed by atoms with Crippen molar-refractivity contribution in [3.63, 3.8) is 0 Å². The molecule has 0 saturated heterocycles. The molecule has 0 spiro atoms. The van der Waals surface area contributed by atoms with Gasteiger partial charge in [-0.1, -0.05) is 0 Å². The lowest BCUT2D eigenvalue weighted by Gasteiger charge is -2.28. The molecular formula is C9H20N2. The molecule has 0 atom stereocenters. The van der Waals surface area contributed by atoms with Crippen LogP contribution in [0.25, 0.3) is 0 Å². The van der Waals surface area contributed by atoms with Crippen LogP contribution < -0.4 is 5.73 Å². The minimum atomic E-state index is -2.56. The van der Waals surface area contributed by atoms with E-state index in [1.165, 1.54) is 0 Å². The van der Waals surface area contributed by atoms with E-state index in [1.807, 2.05) is 0 Å². The Hall–Kier alpha value is -0.0800. The van der Waals surface area contributed by atoms with Gasteiger partial charge in [0, 0.05) is 20.8 Å². The Balaban J connectivity index is 2.62. The third kappa shape index (κ3) is 3.21. The molecule has 1 saturated carbocycles. The maximum atomic E-state index is 7.28. The van der Waals surface area contributed by atoms with Gasteiger partial charge < -0.3 is 10.6 Å². The van der Waals surface area contributed by atoms with Crippen molar-refractivity contribution in [2.24, 2.45) is 11.7 Å². The zero-order chi connectivity index (χ0) is 13.3. The number of nitrogens with zero attached hydrogens (tertiary/aromatic N) is 1. The van der Waals surface area contributed by atoms with E-state index < -0.39 is 14.0 Å². The summed E-state index contributed by atoms with van der Waals surface area (Å²) >= 11 is 0. The van der Waals surface area contributed by atoms with Gasteiger partial charge in [0.05, 0.1) is 0 Å². The maximum absolute atomic E-state index is 7.28. The van der Waals surface area contributed by atoms with Crippen LogP contribution in [-0.2, 0) is 0 Å². The number of hydrogen-bond donors (Lipinski definition) is 1. The fourth-order valence-electron chi connectivity index (χ4n) is 1.63. The molecule has 11 heavy (non-hydrogen) atoms. The number of rotatable bonds is 2. The van der Waals surface area contributed by atoms with Gasteiger partial charge in [0.1, 0.15) is 0 Å². The summed E-state index contributed by atoms with van der Waals surface area (Å²) in [6, 6.07) is 0.181. The molecule has 0 heterocycles. The third-order valence-corrected chi connectivity index (χ3v) is 2.33. The Morgan fingerprint density at radius 3 is 2.55 bits per heavy atom. The summed E-state index contributed by atoms with van der Waals surface area (Å²) in [4.78, 5) is 0.654. The highest BCUT2D eigenvalue weighted by molar-refractivity contribution is 4.75. The predicted octanol–water partition coefficient (Wildman–Crippen LogP) is 1.07. The molecule has 1 aliphatic carbocycles. The second-order valence-electron chi connectivity index (χ2n) is 3.39. The fourth-order valence-corrected chi connectivity index (χ4v) is 1.63. The van der Waals surface area contributed by atoms with Crippen molar-refractivity contribution in [1.29, 1.82) is 0 Å². The molecule has 0 unspecified atom stereocenters. The molecule has 1 aliphatic rings. The maximum Gasteiger partial charge on any atom is 0.0394 e. The summed E-state index contributed by atoms with van der Waals surface area (Å²) in [6.45, 7) is -5.03. The molecular weight excluding hydrogens is 136 g/mol. The molecule has 0 amide bonds. The SMILES string of the molecule is [2H]C([2H])([2H])N(C[C@H]1CC[C@H](N)CC1)C([2H])([2H])[2H]. The third-order valence-electron chi connectivity index (χ3n) is 2.33. The molecule has 0 bridgehead atoms. The van der Waals surface area contributed by atoms with E-state index in [0.717, 1.165) is 25.7 Å². The van der Waals surface area contributed by atoms with E-state index in [9.17, 15) is 0 Å². The first-order valence-corrected chi connectivity index (χ1v) is 4.14. The summed E-state index contributed by atoms with van der Waals surface area (Å²) < 4.78 is 43.7. The standard InChI is InChI=1S/C9H20N2/c1-11(2)7-8-3-5-9(10)6-4-8/h8-9H,3-7,10H2,1-2H3/t8-,9-/i1D3,2D3. The molecule has 1 fully saturated rings. The van der Waals surface area contributed by atoms with Crippen LogP contribution in [0.3, 0.4) is 0 Å². The lowest BCUT2D eigenvalue weighted by Crippen LogP contribution is -2.31. The van der Waals surface area contributed by atoms with Gasteiger partial charge in [-0.2, -0.15) is 0 Å². The van der Waals surface area contributed by atoms with E-state index in [4.69, 9.17) is 14.0 Å². The molecule has 0 radical (unpaired) electrons. The zero-order valence-corrected chi connectivity index (χ0v) is 6.71. The average Bonchev–Trinajstić information content (AvgIpc) is 2.13. The number of hydrogen-bond acceptors (Lipinski definition) is 2. The van der Waals surface area contributed by atoms with Gasteiger partial charge in [-0.15, -0.1) is 0 Å². The van der Waals surface area contributed by atoms with Gasteiger partial charge in [0.2, 0.25) is 0 Å². The highest BCUT2D eigenvalue weighted by Crippen LogP contribution is 2.23. The van der Waals surface area contributed by atoms with Crippen molar-refractivity contribution >= 4 is 0 Å². The van der Waals surface area contributed by atoms with Gasteiger partial charge in [-0.25, -0.2) is 0 Å². The quantitative estimate of drug-likeness (QED) is 0.658. The smallest absolute Gasteiger partial charge is 0.0394 e. The largest absolute Gasteiger partial charge is 0.328 e. The Kier molecular flexibility index (Phi) is 1.39. The Morgan fingerprint density at radius 2 is 2.00 bits per heavy atom. The Labute approximate surface area is 78.2 Å². The lowest BCUT2D eigenvalue weighted by molar-refractivity contribution is 0.250. The fraction of sp³-hybridized carbons (Fsp3) is 1.00. The van der Waals surface area contributed by atoms with Crippen LogP contribution in [0.4, 0.5) is 0 Å². The van der Waals surface area contributed by atoms with E-state index >= 15 is 0 Å².